The number of halogens is 1. The third-order valence-corrected chi connectivity index (χ3v) is 4.63. The molecule has 1 heterocycles. The van der Waals surface area contributed by atoms with Crippen LogP contribution in [0.15, 0.2) is 44.8 Å². The summed E-state index contributed by atoms with van der Waals surface area (Å²) in [6, 6.07) is 7.16. The van der Waals surface area contributed by atoms with Crippen LogP contribution in [0.5, 0.6) is 5.75 Å². The quantitative estimate of drug-likeness (QED) is 0.861. The third-order valence-electron chi connectivity index (χ3n) is 2.30. The lowest BCUT2D eigenvalue weighted by Gasteiger charge is -2.06. The average molecular weight is 316 g/mol. The standard InChI is InChI=1S/C11H10BrNO3S/c1-8-6-13-11(17(8,14)15)7-16-10-4-2-9(12)3-5-10/h2-6H,7H2,1H3. The van der Waals surface area contributed by atoms with Crippen molar-refractivity contribution >= 4 is 30.8 Å². The number of sulfone groups is 1. The topological polar surface area (TPSA) is 55.7 Å². The minimum atomic E-state index is -3.37. The molecule has 0 bridgehead atoms. The molecule has 0 unspecified atom stereocenters. The number of hydrogen-bond acceptors (Lipinski definition) is 4. The van der Waals surface area contributed by atoms with E-state index >= 15 is 0 Å². The zero-order chi connectivity index (χ0) is 12.5. The number of rotatable bonds is 3. The molecule has 0 fully saturated rings. The molecule has 1 aliphatic rings. The van der Waals surface area contributed by atoms with Crippen molar-refractivity contribution in [3.05, 3.63) is 39.8 Å². The Hall–Kier alpha value is -1.14. The summed E-state index contributed by atoms with van der Waals surface area (Å²) < 4.78 is 29.7. The SMILES string of the molecule is CC1=CN=C(COc2ccc(Br)cc2)S1(=O)=O. The van der Waals surface area contributed by atoms with E-state index in [1.807, 2.05) is 12.1 Å². The molecule has 0 amide bonds. The predicted octanol–water partition coefficient (Wildman–Crippen LogP) is 2.52. The molecule has 0 atom stereocenters. The zero-order valence-corrected chi connectivity index (χ0v) is 11.5. The van der Waals surface area contributed by atoms with Crippen molar-refractivity contribution in [2.45, 2.75) is 6.92 Å². The van der Waals surface area contributed by atoms with Gasteiger partial charge in [-0.1, -0.05) is 15.9 Å². The highest BCUT2D eigenvalue weighted by atomic mass is 79.9. The van der Waals surface area contributed by atoms with Gasteiger partial charge in [0, 0.05) is 10.7 Å². The maximum absolute atomic E-state index is 11.7. The first-order valence-corrected chi connectivity index (χ1v) is 7.14. The third kappa shape index (κ3) is 2.58. The average Bonchev–Trinajstić information content (AvgIpc) is 2.54. The second-order valence-corrected chi connectivity index (χ2v) is 6.55. The van der Waals surface area contributed by atoms with E-state index in [9.17, 15) is 8.42 Å². The molecule has 0 N–H and O–H groups in total. The predicted molar refractivity (Wildman–Crippen MR) is 69.7 cm³/mol. The van der Waals surface area contributed by atoms with Crippen molar-refractivity contribution in [2.24, 2.45) is 4.99 Å². The molecule has 0 radical (unpaired) electrons. The fraction of sp³-hybridized carbons (Fsp3) is 0.182. The monoisotopic (exact) mass is 315 g/mol. The van der Waals surface area contributed by atoms with Crippen LogP contribution in [0, 0.1) is 0 Å². The highest BCUT2D eigenvalue weighted by Crippen LogP contribution is 2.19. The smallest absolute Gasteiger partial charge is 0.220 e. The van der Waals surface area contributed by atoms with Gasteiger partial charge >= 0.3 is 0 Å². The Morgan fingerprint density at radius 2 is 1.94 bits per heavy atom. The van der Waals surface area contributed by atoms with Crippen molar-refractivity contribution in [1.82, 2.24) is 0 Å². The van der Waals surface area contributed by atoms with Gasteiger partial charge in [-0.05, 0) is 31.2 Å². The Morgan fingerprint density at radius 1 is 1.29 bits per heavy atom. The first-order chi connectivity index (χ1) is 8.00. The molecule has 0 saturated carbocycles. The van der Waals surface area contributed by atoms with Crippen molar-refractivity contribution < 1.29 is 13.2 Å². The maximum atomic E-state index is 11.7. The van der Waals surface area contributed by atoms with E-state index < -0.39 is 9.84 Å². The van der Waals surface area contributed by atoms with Crippen LogP contribution >= 0.6 is 15.9 Å². The van der Waals surface area contributed by atoms with E-state index in [4.69, 9.17) is 4.74 Å². The van der Waals surface area contributed by atoms with Crippen LogP contribution in [0.3, 0.4) is 0 Å². The number of benzene rings is 1. The largest absolute Gasteiger partial charge is 0.487 e. The lowest BCUT2D eigenvalue weighted by Crippen LogP contribution is -2.19. The molecule has 6 heteroatoms. The Balaban J connectivity index is 2.04. The summed E-state index contributed by atoms with van der Waals surface area (Å²) in [4.78, 5) is 4.09. The van der Waals surface area contributed by atoms with E-state index in [0.29, 0.717) is 5.75 Å². The van der Waals surface area contributed by atoms with Crippen LogP contribution < -0.4 is 4.74 Å². The minimum absolute atomic E-state index is 0.0438. The molecule has 1 aliphatic heterocycles. The number of allylic oxidation sites excluding steroid dienone is 1. The van der Waals surface area contributed by atoms with Gasteiger partial charge in [0.1, 0.15) is 12.4 Å². The fourth-order valence-electron chi connectivity index (χ4n) is 1.28. The molecular weight excluding hydrogens is 306 g/mol. The van der Waals surface area contributed by atoms with Crippen molar-refractivity contribution in [3.63, 3.8) is 0 Å². The van der Waals surface area contributed by atoms with E-state index in [2.05, 4.69) is 20.9 Å². The van der Waals surface area contributed by atoms with Crippen LogP contribution in [0.1, 0.15) is 6.92 Å². The number of aliphatic imine (C=N–C) groups is 1. The first-order valence-electron chi connectivity index (χ1n) is 4.87. The molecule has 1 aromatic carbocycles. The lowest BCUT2D eigenvalue weighted by molar-refractivity contribution is 0.378. The molecule has 1 aromatic rings. The highest BCUT2D eigenvalue weighted by molar-refractivity contribution is 9.10. The van der Waals surface area contributed by atoms with Crippen molar-refractivity contribution in [1.29, 1.82) is 0 Å². The van der Waals surface area contributed by atoms with Crippen LogP contribution in [0.2, 0.25) is 0 Å². The summed E-state index contributed by atoms with van der Waals surface area (Å²) in [5.41, 5.74) is 0. The van der Waals surface area contributed by atoms with E-state index in [0.717, 1.165) is 4.47 Å². The first kappa shape index (κ1) is 12.3. The number of hydrogen-bond donors (Lipinski definition) is 0. The summed E-state index contributed by atoms with van der Waals surface area (Å²) in [5, 5.41) is 0.0536. The molecule has 0 aliphatic carbocycles. The van der Waals surface area contributed by atoms with Gasteiger partial charge in [-0.2, -0.15) is 0 Å². The molecule has 4 nitrogen and oxygen atoms in total. The fourth-order valence-corrected chi connectivity index (χ4v) is 2.51. The molecule has 90 valence electrons. The highest BCUT2D eigenvalue weighted by Gasteiger charge is 2.26. The van der Waals surface area contributed by atoms with Gasteiger partial charge in [0.05, 0.1) is 4.91 Å². The summed E-state index contributed by atoms with van der Waals surface area (Å²) in [5.74, 6) is 0.607. The Kier molecular flexibility index (Phi) is 3.35. The van der Waals surface area contributed by atoms with Crippen LogP contribution in [0.25, 0.3) is 0 Å². The van der Waals surface area contributed by atoms with Gasteiger partial charge in [0.25, 0.3) is 0 Å². The van der Waals surface area contributed by atoms with Gasteiger partial charge in [-0.25, -0.2) is 13.4 Å². The second kappa shape index (κ2) is 4.62. The zero-order valence-electron chi connectivity index (χ0n) is 9.05. The molecule has 0 aromatic heterocycles. The van der Waals surface area contributed by atoms with Gasteiger partial charge < -0.3 is 4.74 Å². The Bertz CT molecular complexity index is 588. The number of ether oxygens (including phenoxy) is 1. The van der Waals surface area contributed by atoms with Crippen LogP contribution in [-0.4, -0.2) is 20.1 Å². The molecule has 17 heavy (non-hydrogen) atoms. The van der Waals surface area contributed by atoms with E-state index in [-0.39, 0.29) is 16.6 Å². The van der Waals surface area contributed by atoms with Crippen LogP contribution in [0.4, 0.5) is 0 Å². The normalized spacial score (nSPS) is 17.5. The molecule has 2 rings (SSSR count). The van der Waals surface area contributed by atoms with Crippen molar-refractivity contribution in [3.8, 4) is 5.75 Å². The summed E-state index contributed by atoms with van der Waals surface area (Å²) in [6.45, 7) is 1.48. The summed E-state index contributed by atoms with van der Waals surface area (Å²) in [6.07, 6.45) is 1.34. The van der Waals surface area contributed by atoms with Gasteiger partial charge in [-0.15, -0.1) is 0 Å². The number of nitrogens with zero attached hydrogens (tertiary/aromatic N) is 1. The van der Waals surface area contributed by atoms with Gasteiger partial charge in [-0.3, -0.25) is 0 Å². The van der Waals surface area contributed by atoms with E-state index in [1.165, 1.54) is 13.1 Å². The minimum Gasteiger partial charge on any atom is -0.487 e. The Labute approximate surface area is 108 Å². The molecular formula is C11H10BrNO3S. The van der Waals surface area contributed by atoms with Crippen molar-refractivity contribution in [2.75, 3.05) is 6.61 Å². The van der Waals surface area contributed by atoms with E-state index in [1.54, 1.807) is 12.1 Å². The Morgan fingerprint density at radius 3 is 2.47 bits per heavy atom. The van der Waals surface area contributed by atoms with Gasteiger partial charge in [0.2, 0.25) is 9.84 Å². The summed E-state index contributed by atoms with van der Waals surface area (Å²) in [7, 11) is -3.37. The van der Waals surface area contributed by atoms with Crippen LogP contribution in [-0.2, 0) is 9.84 Å². The maximum Gasteiger partial charge on any atom is 0.220 e. The molecule has 0 saturated heterocycles. The summed E-state index contributed by atoms with van der Waals surface area (Å²) >= 11 is 3.31. The lowest BCUT2D eigenvalue weighted by atomic mass is 10.3. The molecule has 0 spiro atoms. The second-order valence-electron chi connectivity index (χ2n) is 3.51. The van der Waals surface area contributed by atoms with Gasteiger partial charge in [0.15, 0.2) is 5.04 Å².